The van der Waals surface area contributed by atoms with E-state index in [2.05, 4.69) is 5.32 Å². The Morgan fingerprint density at radius 2 is 1.95 bits per heavy atom. The number of carbonyl (C=O) groups is 2. The van der Waals surface area contributed by atoms with E-state index in [0.29, 0.717) is 13.0 Å². The summed E-state index contributed by atoms with van der Waals surface area (Å²) in [5.74, 6) is -1.51. The second kappa shape index (κ2) is 8.09. The number of aliphatic hydroxyl groups excluding tert-OH is 1. The maximum atomic E-state index is 12.2. The van der Waals surface area contributed by atoms with Crippen molar-refractivity contribution in [3.8, 4) is 0 Å². The normalized spacial score (nSPS) is 24.6. The average Bonchev–Trinajstić information content (AvgIpc) is 2.60. The molecule has 3 unspecified atom stereocenters. The van der Waals surface area contributed by atoms with Crippen LogP contribution in [0.2, 0.25) is 0 Å². The van der Waals surface area contributed by atoms with E-state index in [1.807, 2.05) is 6.92 Å². The molecule has 1 rings (SSSR count). The summed E-state index contributed by atoms with van der Waals surface area (Å²) in [6.07, 6.45) is 4.05. The molecule has 0 spiro atoms. The van der Waals surface area contributed by atoms with Crippen LogP contribution in [0.25, 0.3) is 0 Å². The Kier molecular flexibility index (Phi) is 6.78. The number of amides is 2. The lowest BCUT2D eigenvalue weighted by Gasteiger charge is -2.28. The van der Waals surface area contributed by atoms with Crippen LogP contribution in [0.4, 0.5) is 4.79 Å². The first-order chi connectivity index (χ1) is 9.45. The Morgan fingerprint density at radius 1 is 1.30 bits per heavy atom. The van der Waals surface area contributed by atoms with Gasteiger partial charge in [0.05, 0.1) is 18.1 Å². The van der Waals surface area contributed by atoms with Gasteiger partial charge in [0.2, 0.25) is 0 Å². The summed E-state index contributed by atoms with van der Waals surface area (Å²) in [7, 11) is 0. The summed E-state index contributed by atoms with van der Waals surface area (Å²) in [5.41, 5.74) is 0. The Labute approximate surface area is 120 Å². The van der Waals surface area contributed by atoms with E-state index in [-0.39, 0.29) is 18.6 Å². The van der Waals surface area contributed by atoms with Gasteiger partial charge in [-0.25, -0.2) is 4.79 Å². The molecule has 1 saturated carbocycles. The van der Waals surface area contributed by atoms with Crippen LogP contribution in [0.3, 0.4) is 0 Å². The number of aliphatic hydroxyl groups is 1. The first-order valence-corrected chi connectivity index (χ1v) is 7.42. The molecule has 20 heavy (non-hydrogen) atoms. The molecule has 1 aliphatic carbocycles. The minimum absolute atomic E-state index is 0.181. The van der Waals surface area contributed by atoms with Crippen LogP contribution < -0.4 is 5.32 Å². The van der Waals surface area contributed by atoms with E-state index in [4.69, 9.17) is 5.11 Å². The van der Waals surface area contributed by atoms with Crippen LogP contribution >= 0.6 is 0 Å². The summed E-state index contributed by atoms with van der Waals surface area (Å²) < 4.78 is 0. The van der Waals surface area contributed by atoms with Crippen LogP contribution in [0.5, 0.6) is 0 Å². The van der Waals surface area contributed by atoms with Crippen LogP contribution in [0.15, 0.2) is 0 Å². The summed E-state index contributed by atoms with van der Waals surface area (Å²) in [6.45, 7) is 4.03. The zero-order valence-electron chi connectivity index (χ0n) is 12.3. The third-order valence-corrected chi connectivity index (χ3v) is 3.87. The van der Waals surface area contributed by atoms with Crippen LogP contribution in [-0.2, 0) is 4.79 Å². The van der Waals surface area contributed by atoms with Crippen LogP contribution in [-0.4, -0.2) is 52.3 Å². The first-order valence-electron chi connectivity index (χ1n) is 7.42. The molecule has 0 aliphatic heterocycles. The topological polar surface area (TPSA) is 89.9 Å². The monoisotopic (exact) mass is 286 g/mol. The highest BCUT2D eigenvalue weighted by Crippen LogP contribution is 2.18. The van der Waals surface area contributed by atoms with E-state index in [9.17, 15) is 14.7 Å². The predicted octanol–water partition coefficient (Wildman–Crippen LogP) is 1.43. The Bertz CT molecular complexity index is 335. The van der Waals surface area contributed by atoms with Gasteiger partial charge in [0, 0.05) is 13.1 Å². The third kappa shape index (κ3) is 5.00. The second-order valence-electron chi connectivity index (χ2n) is 5.54. The number of carbonyl (C=O) groups excluding carboxylic acids is 1. The fraction of sp³-hybridized carbons (Fsp3) is 0.857. The molecular weight excluding hydrogens is 260 g/mol. The molecular formula is C14H26N2O4. The largest absolute Gasteiger partial charge is 0.481 e. The minimum Gasteiger partial charge on any atom is -0.481 e. The lowest BCUT2D eigenvalue weighted by molar-refractivity contribution is -0.141. The lowest BCUT2D eigenvalue weighted by Crippen LogP contribution is -2.50. The van der Waals surface area contributed by atoms with Crippen LogP contribution in [0.1, 0.15) is 46.0 Å². The standard InChI is InChI=1S/C14H26N2O4/c1-3-16(9-10(2)13(18)19)14(20)15-11-7-5-4-6-8-12(11)17/h10-12,17H,3-9H2,1-2H3,(H,15,20)(H,18,19). The Balaban J connectivity index is 2.55. The Morgan fingerprint density at radius 3 is 2.55 bits per heavy atom. The summed E-state index contributed by atoms with van der Waals surface area (Å²) in [4.78, 5) is 24.5. The molecule has 0 heterocycles. The van der Waals surface area contributed by atoms with Crippen molar-refractivity contribution in [2.24, 2.45) is 5.92 Å². The quantitative estimate of drug-likeness (QED) is 0.667. The van der Waals surface area contributed by atoms with E-state index in [0.717, 1.165) is 25.7 Å². The van der Waals surface area contributed by atoms with Crippen molar-refractivity contribution in [2.45, 2.75) is 58.1 Å². The number of urea groups is 1. The molecule has 6 nitrogen and oxygen atoms in total. The number of nitrogens with zero attached hydrogens (tertiary/aromatic N) is 1. The highest BCUT2D eigenvalue weighted by Gasteiger charge is 2.26. The van der Waals surface area contributed by atoms with Gasteiger partial charge >= 0.3 is 12.0 Å². The highest BCUT2D eigenvalue weighted by atomic mass is 16.4. The molecule has 0 bridgehead atoms. The van der Waals surface area contributed by atoms with Gasteiger partial charge in [-0.2, -0.15) is 0 Å². The zero-order chi connectivity index (χ0) is 15.1. The number of carboxylic acids is 1. The van der Waals surface area contributed by atoms with Gasteiger partial charge in [-0.05, 0) is 19.8 Å². The number of carboxylic acid groups (broad SMARTS) is 1. The highest BCUT2D eigenvalue weighted by molar-refractivity contribution is 5.76. The van der Waals surface area contributed by atoms with Crippen molar-refractivity contribution in [3.63, 3.8) is 0 Å². The van der Waals surface area contributed by atoms with Gasteiger partial charge in [0.1, 0.15) is 0 Å². The fourth-order valence-electron chi connectivity index (χ4n) is 2.47. The Hall–Kier alpha value is -1.30. The molecule has 0 saturated heterocycles. The average molecular weight is 286 g/mol. The molecule has 0 radical (unpaired) electrons. The van der Waals surface area contributed by atoms with Crippen molar-refractivity contribution < 1.29 is 19.8 Å². The molecule has 0 aromatic heterocycles. The fourth-order valence-corrected chi connectivity index (χ4v) is 2.47. The molecule has 1 aliphatic rings. The van der Waals surface area contributed by atoms with E-state index in [1.54, 1.807) is 6.92 Å². The number of aliphatic carboxylic acids is 1. The van der Waals surface area contributed by atoms with Crippen molar-refractivity contribution in [3.05, 3.63) is 0 Å². The number of nitrogens with one attached hydrogen (secondary N) is 1. The molecule has 3 N–H and O–H groups in total. The van der Waals surface area contributed by atoms with E-state index < -0.39 is 18.0 Å². The van der Waals surface area contributed by atoms with Gasteiger partial charge in [0.25, 0.3) is 0 Å². The van der Waals surface area contributed by atoms with Gasteiger partial charge in [-0.15, -0.1) is 0 Å². The van der Waals surface area contributed by atoms with E-state index in [1.165, 1.54) is 4.90 Å². The van der Waals surface area contributed by atoms with Gasteiger partial charge in [0.15, 0.2) is 0 Å². The predicted molar refractivity (Wildman–Crippen MR) is 75.5 cm³/mol. The van der Waals surface area contributed by atoms with Gasteiger partial charge in [-0.3, -0.25) is 4.79 Å². The second-order valence-corrected chi connectivity index (χ2v) is 5.54. The van der Waals surface area contributed by atoms with Crippen LogP contribution in [0, 0.1) is 5.92 Å². The summed E-state index contributed by atoms with van der Waals surface area (Å²) >= 11 is 0. The van der Waals surface area contributed by atoms with Gasteiger partial charge < -0.3 is 20.4 Å². The molecule has 1 fully saturated rings. The smallest absolute Gasteiger partial charge is 0.317 e. The van der Waals surface area contributed by atoms with Crippen molar-refractivity contribution >= 4 is 12.0 Å². The molecule has 0 aromatic rings. The summed E-state index contributed by atoms with van der Waals surface area (Å²) in [6, 6.07) is -0.509. The van der Waals surface area contributed by atoms with E-state index >= 15 is 0 Å². The molecule has 0 aromatic carbocycles. The number of hydrogen-bond acceptors (Lipinski definition) is 3. The molecule has 2 amide bonds. The summed E-state index contributed by atoms with van der Waals surface area (Å²) in [5, 5.41) is 21.8. The zero-order valence-corrected chi connectivity index (χ0v) is 12.3. The minimum atomic E-state index is -0.911. The number of rotatable bonds is 5. The van der Waals surface area contributed by atoms with Crippen molar-refractivity contribution in [1.29, 1.82) is 0 Å². The van der Waals surface area contributed by atoms with Crippen molar-refractivity contribution in [1.82, 2.24) is 10.2 Å². The SMILES string of the molecule is CCN(CC(C)C(=O)O)C(=O)NC1CCCCCC1O. The molecule has 6 heteroatoms. The first kappa shape index (κ1) is 16.8. The lowest BCUT2D eigenvalue weighted by atomic mass is 10.1. The maximum Gasteiger partial charge on any atom is 0.317 e. The number of hydrogen-bond donors (Lipinski definition) is 3. The molecule has 3 atom stereocenters. The maximum absolute atomic E-state index is 12.2. The molecule has 116 valence electrons. The third-order valence-electron chi connectivity index (χ3n) is 3.87. The van der Waals surface area contributed by atoms with Crippen molar-refractivity contribution in [2.75, 3.05) is 13.1 Å². The van der Waals surface area contributed by atoms with Gasteiger partial charge in [-0.1, -0.05) is 26.2 Å².